The molecule has 3 rings (SSSR count). The molecule has 1 aromatic rings. The van der Waals surface area contributed by atoms with Crippen LogP contribution in [0.15, 0.2) is 18.2 Å². The van der Waals surface area contributed by atoms with Crippen molar-refractivity contribution in [1.82, 2.24) is 5.32 Å². The van der Waals surface area contributed by atoms with E-state index in [1.807, 2.05) is 0 Å². The van der Waals surface area contributed by atoms with Crippen molar-refractivity contribution in [3.8, 4) is 5.75 Å². The lowest BCUT2D eigenvalue weighted by Crippen LogP contribution is -2.29. The highest BCUT2D eigenvalue weighted by Gasteiger charge is 2.21. The smallest absolute Gasteiger partial charge is 0.238 e. The van der Waals surface area contributed by atoms with Crippen LogP contribution in [0.3, 0.4) is 0 Å². The van der Waals surface area contributed by atoms with Crippen molar-refractivity contribution in [2.45, 2.75) is 38.2 Å². The van der Waals surface area contributed by atoms with Gasteiger partial charge in [0, 0.05) is 11.8 Å². The molecule has 0 radical (unpaired) electrons. The van der Waals surface area contributed by atoms with Gasteiger partial charge in [-0.2, -0.15) is 0 Å². The predicted molar refractivity (Wildman–Crippen MR) is 86.1 cm³/mol. The lowest BCUT2D eigenvalue weighted by molar-refractivity contribution is -0.115. The molecule has 0 atom stereocenters. The maximum Gasteiger partial charge on any atom is 0.238 e. The zero-order valence-corrected chi connectivity index (χ0v) is 13.3. The number of carbonyl (C=O) groups excluding carboxylic acids is 1. The second-order valence-electron chi connectivity index (χ2n) is 5.94. The summed E-state index contributed by atoms with van der Waals surface area (Å²) in [5, 5.41) is 5.79. The monoisotopic (exact) mass is 328 g/mol. The van der Waals surface area contributed by atoms with E-state index in [2.05, 4.69) is 10.6 Å². The van der Waals surface area contributed by atoms with Crippen molar-refractivity contribution >= 4 is 24.0 Å². The van der Waals surface area contributed by atoms with Gasteiger partial charge in [0.2, 0.25) is 5.91 Å². The molecule has 2 saturated carbocycles. The van der Waals surface area contributed by atoms with Gasteiger partial charge in [0.1, 0.15) is 0 Å². The second kappa shape index (κ2) is 7.79. The summed E-state index contributed by atoms with van der Waals surface area (Å²) < 4.78 is 19.4. The van der Waals surface area contributed by atoms with E-state index < -0.39 is 5.82 Å². The Bertz CT molecular complexity index is 519. The molecule has 0 aromatic heterocycles. The molecular weight excluding hydrogens is 307 g/mol. The molecule has 0 heterocycles. The molecule has 2 aliphatic rings. The summed E-state index contributed by atoms with van der Waals surface area (Å²) in [7, 11) is 0. The molecule has 2 N–H and O–H groups in total. The Kier molecular flexibility index (Phi) is 6.03. The minimum absolute atomic E-state index is 0. The first-order valence-electron chi connectivity index (χ1n) is 7.67. The molecule has 0 saturated heterocycles. The number of anilines is 1. The molecule has 6 heteroatoms. The third-order valence-electron chi connectivity index (χ3n) is 3.98. The molecule has 22 heavy (non-hydrogen) atoms. The SMILES string of the molecule is Cl.O=C(CNCC1CC1)Nc1ccc(OC2CCC2)c(F)c1. The van der Waals surface area contributed by atoms with Gasteiger partial charge < -0.3 is 15.4 Å². The largest absolute Gasteiger partial charge is 0.487 e. The van der Waals surface area contributed by atoms with Gasteiger partial charge in [-0.15, -0.1) is 12.4 Å². The van der Waals surface area contributed by atoms with E-state index in [9.17, 15) is 9.18 Å². The molecule has 1 aromatic carbocycles. The molecule has 122 valence electrons. The van der Waals surface area contributed by atoms with Crippen molar-refractivity contribution in [3.05, 3.63) is 24.0 Å². The highest BCUT2D eigenvalue weighted by atomic mass is 35.5. The predicted octanol–water partition coefficient (Wildman–Crippen LogP) is 3.12. The number of nitrogens with one attached hydrogen (secondary N) is 2. The number of carbonyl (C=O) groups is 1. The first-order chi connectivity index (χ1) is 10.2. The van der Waals surface area contributed by atoms with Gasteiger partial charge in [-0.1, -0.05) is 0 Å². The van der Waals surface area contributed by atoms with Gasteiger partial charge in [-0.05, 0) is 56.7 Å². The van der Waals surface area contributed by atoms with Crippen LogP contribution in [0, 0.1) is 11.7 Å². The third kappa shape index (κ3) is 4.85. The standard InChI is InChI=1S/C16H21FN2O2.ClH/c17-14-8-12(6-7-15(14)21-13-2-1-3-13)19-16(20)10-18-9-11-4-5-11;/h6-8,11,13,18H,1-5,9-10H2,(H,19,20);1H. The fourth-order valence-electron chi connectivity index (χ4n) is 2.26. The van der Waals surface area contributed by atoms with Crippen molar-refractivity contribution < 1.29 is 13.9 Å². The van der Waals surface area contributed by atoms with Crippen molar-refractivity contribution in [2.24, 2.45) is 5.92 Å². The van der Waals surface area contributed by atoms with Crippen LogP contribution in [0.1, 0.15) is 32.1 Å². The quantitative estimate of drug-likeness (QED) is 0.808. The van der Waals surface area contributed by atoms with Crippen LogP contribution in [-0.2, 0) is 4.79 Å². The van der Waals surface area contributed by atoms with E-state index in [4.69, 9.17) is 4.74 Å². The summed E-state index contributed by atoms with van der Waals surface area (Å²) in [5.74, 6) is 0.427. The first-order valence-corrected chi connectivity index (χ1v) is 7.67. The van der Waals surface area contributed by atoms with Crippen LogP contribution in [0.5, 0.6) is 5.75 Å². The number of hydrogen-bond donors (Lipinski definition) is 2. The summed E-state index contributed by atoms with van der Waals surface area (Å²) in [6, 6.07) is 4.57. The van der Waals surface area contributed by atoms with Crippen LogP contribution in [0.4, 0.5) is 10.1 Å². The highest BCUT2D eigenvalue weighted by Crippen LogP contribution is 2.28. The van der Waals surface area contributed by atoms with Gasteiger partial charge in [0.25, 0.3) is 0 Å². The Morgan fingerprint density at radius 2 is 2.05 bits per heavy atom. The molecule has 0 bridgehead atoms. The lowest BCUT2D eigenvalue weighted by atomic mass is 9.96. The Morgan fingerprint density at radius 3 is 2.64 bits per heavy atom. The maximum absolute atomic E-state index is 13.9. The molecule has 2 aliphatic carbocycles. The topological polar surface area (TPSA) is 50.4 Å². The van der Waals surface area contributed by atoms with Gasteiger partial charge >= 0.3 is 0 Å². The van der Waals surface area contributed by atoms with E-state index in [1.54, 1.807) is 12.1 Å². The minimum atomic E-state index is -0.425. The van der Waals surface area contributed by atoms with E-state index >= 15 is 0 Å². The molecule has 4 nitrogen and oxygen atoms in total. The molecule has 0 spiro atoms. The number of ether oxygens (including phenoxy) is 1. The van der Waals surface area contributed by atoms with Crippen LogP contribution < -0.4 is 15.4 Å². The summed E-state index contributed by atoms with van der Waals surface area (Å²) in [6.45, 7) is 1.15. The number of amides is 1. The summed E-state index contributed by atoms with van der Waals surface area (Å²) in [4.78, 5) is 11.7. The van der Waals surface area contributed by atoms with Crippen molar-refractivity contribution in [1.29, 1.82) is 0 Å². The zero-order chi connectivity index (χ0) is 14.7. The maximum atomic E-state index is 13.9. The zero-order valence-electron chi connectivity index (χ0n) is 12.4. The first kappa shape index (κ1) is 17.0. The molecule has 0 aliphatic heterocycles. The Morgan fingerprint density at radius 1 is 1.27 bits per heavy atom. The van der Waals surface area contributed by atoms with Crippen LogP contribution >= 0.6 is 12.4 Å². The third-order valence-corrected chi connectivity index (χ3v) is 3.98. The van der Waals surface area contributed by atoms with Crippen LogP contribution in [0.25, 0.3) is 0 Å². The Labute approximate surface area is 136 Å². The van der Waals surface area contributed by atoms with Crippen LogP contribution in [0.2, 0.25) is 0 Å². The highest BCUT2D eigenvalue weighted by molar-refractivity contribution is 5.92. The Balaban J connectivity index is 0.00000176. The average Bonchev–Trinajstić information content (AvgIpc) is 3.20. The van der Waals surface area contributed by atoms with Crippen molar-refractivity contribution in [2.75, 3.05) is 18.4 Å². The average molecular weight is 329 g/mol. The fraction of sp³-hybridized carbons (Fsp3) is 0.562. The summed E-state index contributed by atoms with van der Waals surface area (Å²) >= 11 is 0. The molecule has 2 fully saturated rings. The van der Waals surface area contributed by atoms with E-state index in [0.717, 1.165) is 31.7 Å². The number of rotatable bonds is 7. The number of halogens is 2. The van der Waals surface area contributed by atoms with Crippen LogP contribution in [-0.4, -0.2) is 25.1 Å². The second-order valence-corrected chi connectivity index (χ2v) is 5.94. The number of hydrogen-bond acceptors (Lipinski definition) is 3. The number of benzene rings is 1. The van der Waals surface area contributed by atoms with Gasteiger partial charge in [0.05, 0.1) is 12.6 Å². The van der Waals surface area contributed by atoms with E-state index in [-0.39, 0.29) is 36.7 Å². The Hall–Kier alpha value is -1.33. The molecule has 0 unspecified atom stereocenters. The van der Waals surface area contributed by atoms with E-state index in [1.165, 1.54) is 18.9 Å². The van der Waals surface area contributed by atoms with E-state index in [0.29, 0.717) is 5.69 Å². The van der Waals surface area contributed by atoms with Gasteiger partial charge in [-0.3, -0.25) is 4.79 Å². The summed E-state index contributed by atoms with van der Waals surface area (Å²) in [5.41, 5.74) is 0.465. The molecular formula is C16H22ClFN2O2. The van der Waals surface area contributed by atoms with Crippen molar-refractivity contribution in [3.63, 3.8) is 0 Å². The minimum Gasteiger partial charge on any atom is -0.487 e. The lowest BCUT2D eigenvalue weighted by Gasteiger charge is -2.26. The fourth-order valence-corrected chi connectivity index (χ4v) is 2.26. The summed E-state index contributed by atoms with van der Waals surface area (Å²) in [6.07, 6.45) is 5.78. The van der Waals surface area contributed by atoms with Gasteiger partial charge in [0.15, 0.2) is 11.6 Å². The van der Waals surface area contributed by atoms with Gasteiger partial charge in [-0.25, -0.2) is 4.39 Å². The normalized spacial score (nSPS) is 17.3. The molecule has 1 amide bonds.